The lowest BCUT2D eigenvalue weighted by atomic mass is 10.1. The molecule has 2 aromatic rings. The molecule has 0 amide bonds. The van der Waals surface area contributed by atoms with E-state index in [9.17, 15) is 0 Å². The predicted octanol–water partition coefficient (Wildman–Crippen LogP) is 4.08. The lowest BCUT2D eigenvalue weighted by Crippen LogP contribution is -1.84. The number of fused-ring (bicyclic) bond motifs is 1. The van der Waals surface area contributed by atoms with Crippen LogP contribution in [0.1, 0.15) is 12.5 Å². The number of halogens is 1. The van der Waals surface area contributed by atoms with Gasteiger partial charge in [-0.2, -0.15) is 0 Å². The molecule has 0 unspecified atom stereocenters. The number of hydrogen-bond acceptors (Lipinski definition) is 2. The highest BCUT2D eigenvalue weighted by Crippen LogP contribution is 2.38. The van der Waals surface area contributed by atoms with E-state index in [2.05, 4.69) is 47.7 Å². The molecule has 0 spiro atoms. The number of thiophene rings is 1. The van der Waals surface area contributed by atoms with Gasteiger partial charge in [-0.1, -0.05) is 18.3 Å². The fourth-order valence-corrected chi connectivity index (χ4v) is 3.18. The van der Waals surface area contributed by atoms with Crippen molar-refractivity contribution in [2.24, 2.45) is 0 Å². The first-order valence-corrected chi connectivity index (χ1v) is 6.40. The average Bonchev–Trinajstić information content (AvgIpc) is 2.54. The van der Waals surface area contributed by atoms with E-state index in [1.54, 1.807) is 18.4 Å². The van der Waals surface area contributed by atoms with E-state index in [0.29, 0.717) is 0 Å². The summed E-state index contributed by atoms with van der Waals surface area (Å²) in [6.07, 6.45) is 1.03. The second kappa shape index (κ2) is 4.06. The van der Waals surface area contributed by atoms with E-state index in [1.807, 2.05) is 0 Å². The Labute approximate surface area is 101 Å². The highest BCUT2D eigenvalue weighted by molar-refractivity contribution is 14.1. The molecule has 3 heteroatoms. The monoisotopic (exact) mass is 318 g/mol. The molecule has 0 fully saturated rings. The molecule has 1 nitrogen and oxygen atoms in total. The maximum Gasteiger partial charge on any atom is 0.177 e. The Balaban J connectivity index is 2.74. The largest absolute Gasteiger partial charge is 0.487 e. The van der Waals surface area contributed by atoms with Gasteiger partial charge in [-0.25, -0.2) is 0 Å². The molecular formula is C11H11IOS. The molecule has 74 valence electrons. The molecule has 0 N–H and O–H groups in total. The summed E-state index contributed by atoms with van der Waals surface area (Å²) in [6.45, 7) is 2.17. The van der Waals surface area contributed by atoms with Crippen LogP contribution in [-0.4, -0.2) is 7.11 Å². The lowest BCUT2D eigenvalue weighted by molar-refractivity contribution is 0.423. The molecule has 0 radical (unpaired) electrons. The van der Waals surface area contributed by atoms with Crippen molar-refractivity contribution in [3.05, 3.63) is 27.3 Å². The summed E-state index contributed by atoms with van der Waals surface area (Å²) in [4.78, 5) is 0. The van der Waals surface area contributed by atoms with Crippen LogP contribution >= 0.6 is 33.9 Å². The molecule has 14 heavy (non-hydrogen) atoms. The van der Waals surface area contributed by atoms with Gasteiger partial charge in [0.25, 0.3) is 0 Å². The van der Waals surface area contributed by atoms with Crippen LogP contribution in [0.3, 0.4) is 0 Å². The van der Waals surface area contributed by atoms with Gasteiger partial charge in [0.15, 0.2) is 5.06 Å². The van der Waals surface area contributed by atoms with Gasteiger partial charge in [0.2, 0.25) is 0 Å². The number of methoxy groups -OCH3 is 1. The Morgan fingerprint density at radius 2 is 2.21 bits per heavy atom. The molecule has 0 bridgehead atoms. The zero-order chi connectivity index (χ0) is 10.1. The third-order valence-electron chi connectivity index (χ3n) is 2.25. The maximum atomic E-state index is 5.38. The summed E-state index contributed by atoms with van der Waals surface area (Å²) in [5.74, 6) is 0. The van der Waals surface area contributed by atoms with Crippen molar-refractivity contribution in [2.75, 3.05) is 7.11 Å². The zero-order valence-electron chi connectivity index (χ0n) is 8.13. The minimum atomic E-state index is 1.03. The molecule has 1 aromatic heterocycles. The van der Waals surface area contributed by atoms with Gasteiger partial charge in [-0.05, 0) is 47.2 Å². The third kappa shape index (κ3) is 1.63. The molecule has 0 saturated carbocycles. The van der Waals surface area contributed by atoms with Gasteiger partial charge in [-0.3, -0.25) is 0 Å². The second-order valence-electron chi connectivity index (χ2n) is 3.07. The van der Waals surface area contributed by atoms with E-state index < -0.39 is 0 Å². The fraction of sp³-hybridized carbons (Fsp3) is 0.273. The number of ether oxygens (including phenoxy) is 1. The summed E-state index contributed by atoms with van der Waals surface area (Å²) < 4.78 is 7.98. The molecule has 1 aromatic carbocycles. The second-order valence-corrected chi connectivity index (χ2v) is 5.33. The highest BCUT2D eigenvalue weighted by Gasteiger charge is 2.10. The molecule has 0 aliphatic carbocycles. The summed E-state index contributed by atoms with van der Waals surface area (Å²) >= 11 is 4.08. The zero-order valence-corrected chi connectivity index (χ0v) is 11.1. The van der Waals surface area contributed by atoms with Crippen molar-refractivity contribution in [2.45, 2.75) is 13.3 Å². The van der Waals surface area contributed by atoms with Crippen molar-refractivity contribution < 1.29 is 4.74 Å². The van der Waals surface area contributed by atoms with Crippen molar-refractivity contribution in [3.8, 4) is 5.06 Å². The van der Waals surface area contributed by atoms with Crippen LogP contribution < -0.4 is 4.74 Å². The van der Waals surface area contributed by atoms with Crippen LogP contribution in [0.2, 0.25) is 0 Å². The Morgan fingerprint density at radius 1 is 1.43 bits per heavy atom. The predicted molar refractivity (Wildman–Crippen MR) is 70.5 cm³/mol. The first-order valence-electron chi connectivity index (χ1n) is 4.51. The van der Waals surface area contributed by atoms with Gasteiger partial charge in [0, 0.05) is 19.2 Å². The van der Waals surface area contributed by atoms with Crippen LogP contribution in [-0.2, 0) is 6.42 Å². The standard InChI is InChI=1S/C11H11IOS/c1-3-8-9-6-7(12)4-5-10(9)14-11(8)13-2/h4-6H,3H2,1-2H3. The number of hydrogen-bond donors (Lipinski definition) is 0. The smallest absolute Gasteiger partial charge is 0.177 e. The molecule has 2 rings (SSSR count). The quantitative estimate of drug-likeness (QED) is 0.758. The van der Waals surface area contributed by atoms with Crippen molar-refractivity contribution >= 4 is 44.0 Å². The van der Waals surface area contributed by atoms with Crippen molar-refractivity contribution in [1.82, 2.24) is 0 Å². The van der Waals surface area contributed by atoms with Crippen LogP contribution in [0.25, 0.3) is 10.1 Å². The highest BCUT2D eigenvalue weighted by atomic mass is 127. The molecular weight excluding hydrogens is 307 g/mol. The third-order valence-corrected chi connectivity index (χ3v) is 4.10. The minimum absolute atomic E-state index is 1.03. The van der Waals surface area contributed by atoms with E-state index in [1.165, 1.54) is 19.2 Å². The van der Waals surface area contributed by atoms with Crippen LogP contribution in [0.4, 0.5) is 0 Å². The SMILES string of the molecule is CCc1c(OC)sc2ccc(I)cc12. The van der Waals surface area contributed by atoms with Gasteiger partial charge in [0.05, 0.1) is 7.11 Å². The topological polar surface area (TPSA) is 9.23 Å². The Hall–Kier alpha value is -0.290. The van der Waals surface area contributed by atoms with Gasteiger partial charge >= 0.3 is 0 Å². The summed E-state index contributed by atoms with van der Waals surface area (Å²) in [7, 11) is 1.74. The van der Waals surface area contributed by atoms with Gasteiger partial charge in [0.1, 0.15) is 0 Å². The van der Waals surface area contributed by atoms with Gasteiger partial charge < -0.3 is 4.74 Å². The van der Waals surface area contributed by atoms with Crippen LogP contribution in [0.5, 0.6) is 5.06 Å². The summed E-state index contributed by atoms with van der Waals surface area (Å²) in [6, 6.07) is 6.54. The normalized spacial score (nSPS) is 10.8. The molecule has 1 heterocycles. The molecule has 0 aliphatic heterocycles. The van der Waals surface area contributed by atoms with Crippen LogP contribution in [0.15, 0.2) is 18.2 Å². The fourth-order valence-electron chi connectivity index (χ4n) is 1.60. The van der Waals surface area contributed by atoms with Gasteiger partial charge in [-0.15, -0.1) is 0 Å². The summed E-state index contributed by atoms with van der Waals surface area (Å²) in [5.41, 5.74) is 1.34. The first-order chi connectivity index (χ1) is 6.76. The van der Waals surface area contributed by atoms with Crippen LogP contribution in [0, 0.1) is 3.57 Å². The van der Waals surface area contributed by atoms with E-state index in [-0.39, 0.29) is 0 Å². The molecule has 0 aliphatic rings. The Bertz CT molecular complexity index is 462. The van der Waals surface area contributed by atoms with E-state index >= 15 is 0 Å². The molecule has 0 saturated heterocycles. The maximum absolute atomic E-state index is 5.38. The first kappa shape index (κ1) is 10.2. The molecule has 0 atom stereocenters. The van der Waals surface area contributed by atoms with E-state index in [0.717, 1.165) is 11.5 Å². The Morgan fingerprint density at radius 3 is 2.86 bits per heavy atom. The van der Waals surface area contributed by atoms with E-state index in [4.69, 9.17) is 4.74 Å². The average molecular weight is 318 g/mol. The number of benzene rings is 1. The Kier molecular flexibility index (Phi) is 2.97. The number of aryl methyl sites for hydroxylation is 1. The lowest BCUT2D eigenvalue weighted by Gasteiger charge is -1.98. The number of rotatable bonds is 2. The van der Waals surface area contributed by atoms with Crippen molar-refractivity contribution in [1.29, 1.82) is 0 Å². The summed E-state index contributed by atoms with van der Waals surface area (Å²) in [5, 5.41) is 2.41. The minimum Gasteiger partial charge on any atom is -0.487 e. The van der Waals surface area contributed by atoms with Crippen molar-refractivity contribution in [3.63, 3.8) is 0 Å².